The zero-order chi connectivity index (χ0) is 9.45. The first-order chi connectivity index (χ1) is 5.62. The molecule has 12 heavy (non-hydrogen) atoms. The predicted molar refractivity (Wildman–Crippen MR) is 49.0 cm³/mol. The first kappa shape index (κ1) is 12.0. The first-order valence-corrected chi connectivity index (χ1v) is 6.75. The van der Waals surface area contributed by atoms with E-state index in [-0.39, 0.29) is 12.1 Å². The highest BCUT2D eigenvalue weighted by Gasteiger charge is 2.31. The highest BCUT2D eigenvalue weighted by molar-refractivity contribution is 6.65. The van der Waals surface area contributed by atoms with Gasteiger partial charge in [-0.1, -0.05) is 13.8 Å². The Bertz CT molecular complexity index is 109. The van der Waals surface area contributed by atoms with E-state index in [4.69, 9.17) is 4.74 Å². The molecule has 0 aromatic heterocycles. The van der Waals surface area contributed by atoms with E-state index >= 15 is 0 Å². The van der Waals surface area contributed by atoms with Crippen molar-refractivity contribution in [2.45, 2.75) is 38.8 Å². The van der Waals surface area contributed by atoms with Gasteiger partial charge in [0.25, 0.3) is 0 Å². The quantitative estimate of drug-likeness (QED) is 0.345. The van der Waals surface area contributed by atoms with Gasteiger partial charge in [0.1, 0.15) is 0 Å². The standard InChI is InChI=1S/C8H18F2OSi/c1-3-6-11-7-5-8-12(9,10)4-2/h3-8H2,1-2H3. The highest BCUT2D eigenvalue weighted by Crippen LogP contribution is 2.19. The van der Waals surface area contributed by atoms with Crippen LogP contribution in [0.15, 0.2) is 0 Å². The molecule has 0 aliphatic rings. The second kappa shape index (κ2) is 6.54. The van der Waals surface area contributed by atoms with Crippen LogP contribution >= 0.6 is 0 Å². The summed E-state index contributed by atoms with van der Waals surface area (Å²) < 4.78 is 30.6. The third-order valence-corrected chi connectivity index (χ3v) is 3.82. The summed E-state index contributed by atoms with van der Waals surface area (Å²) in [6.07, 6.45) is 1.48. The second-order valence-corrected chi connectivity index (χ2v) is 5.84. The molecule has 0 saturated carbocycles. The zero-order valence-corrected chi connectivity index (χ0v) is 8.91. The Morgan fingerprint density at radius 3 is 2.33 bits per heavy atom. The zero-order valence-electron chi connectivity index (χ0n) is 7.91. The molecule has 0 fully saturated rings. The van der Waals surface area contributed by atoms with Gasteiger partial charge in [-0.3, -0.25) is 8.22 Å². The minimum atomic E-state index is -3.82. The van der Waals surface area contributed by atoms with Crippen molar-refractivity contribution in [2.24, 2.45) is 0 Å². The first-order valence-electron chi connectivity index (χ1n) is 4.58. The molecule has 74 valence electrons. The highest BCUT2D eigenvalue weighted by atomic mass is 28.4. The molecule has 0 unspecified atom stereocenters. The normalized spacial score (nSPS) is 12.0. The third-order valence-electron chi connectivity index (χ3n) is 1.70. The molecule has 0 saturated heterocycles. The van der Waals surface area contributed by atoms with Gasteiger partial charge in [-0.05, 0) is 18.9 Å². The average molecular weight is 196 g/mol. The lowest BCUT2D eigenvalue weighted by molar-refractivity contribution is 0.134. The lowest BCUT2D eigenvalue weighted by Gasteiger charge is -2.09. The minimum absolute atomic E-state index is 0.0702. The maximum atomic E-state index is 12.7. The summed E-state index contributed by atoms with van der Waals surface area (Å²) in [4.78, 5) is 0. The van der Waals surface area contributed by atoms with Gasteiger partial charge in [-0.2, -0.15) is 0 Å². The van der Waals surface area contributed by atoms with Crippen LogP contribution in [0, 0.1) is 0 Å². The number of halogens is 2. The molecule has 0 N–H and O–H groups in total. The van der Waals surface area contributed by atoms with Gasteiger partial charge in [0, 0.05) is 19.3 Å². The number of ether oxygens (including phenoxy) is 1. The maximum Gasteiger partial charge on any atom is 0.424 e. The molecule has 0 amide bonds. The van der Waals surface area contributed by atoms with E-state index in [1.807, 2.05) is 6.92 Å². The maximum absolute atomic E-state index is 12.7. The molecule has 0 aromatic carbocycles. The molecule has 0 aromatic rings. The van der Waals surface area contributed by atoms with Crippen molar-refractivity contribution in [1.82, 2.24) is 0 Å². The van der Waals surface area contributed by atoms with Gasteiger partial charge < -0.3 is 4.74 Å². The Morgan fingerprint density at radius 2 is 1.83 bits per heavy atom. The largest absolute Gasteiger partial charge is 0.424 e. The molecule has 0 aliphatic carbocycles. The Balaban J connectivity index is 3.19. The summed E-state index contributed by atoms with van der Waals surface area (Å²) in [5, 5.41) is 0. The van der Waals surface area contributed by atoms with Crippen molar-refractivity contribution < 1.29 is 13.0 Å². The van der Waals surface area contributed by atoms with E-state index in [9.17, 15) is 8.22 Å². The Morgan fingerprint density at radius 1 is 1.17 bits per heavy atom. The van der Waals surface area contributed by atoms with Crippen molar-refractivity contribution in [3.05, 3.63) is 0 Å². The van der Waals surface area contributed by atoms with E-state index in [0.717, 1.165) is 6.42 Å². The van der Waals surface area contributed by atoms with Crippen molar-refractivity contribution in [1.29, 1.82) is 0 Å². The van der Waals surface area contributed by atoms with Crippen LogP contribution in [0.2, 0.25) is 12.1 Å². The molecule has 4 heteroatoms. The van der Waals surface area contributed by atoms with Crippen molar-refractivity contribution in [3.8, 4) is 0 Å². The lowest BCUT2D eigenvalue weighted by atomic mass is 10.5. The van der Waals surface area contributed by atoms with Crippen molar-refractivity contribution in [3.63, 3.8) is 0 Å². The van der Waals surface area contributed by atoms with Crippen LogP contribution in [-0.4, -0.2) is 22.0 Å². The van der Waals surface area contributed by atoms with Crippen LogP contribution < -0.4 is 0 Å². The van der Waals surface area contributed by atoms with E-state index < -0.39 is 8.74 Å². The molecular formula is C8H18F2OSi. The van der Waals surface area contributed by atoms with Gasteiger partial charge in [0.05, 0.1) is 0 Å². The van der Waals surface area contributed by atoms with E-state index in [1.165, 1.54) is 0 Å². The molecule has 1 nitrogen and oxygen atoms in total. The summed E-state index contributed by atoms with van der Waals surface area (Å²) in [7, 11) is -3.82. The van der Waals surface area contributed by atoms with Crippen LogP contribution in [0.3, 0.4) is 0 Å². The molecule has 0 rings (SSSR count). The van der Waals surface area contributed by atoms with Gasteiger partial charge in [-0.15, -0.1) is 0 Å². The Hall–Kier alpha value is 0.0369. The summed E-state index contributed by atoms with van der Waals surface area (Å²) in [5.74, 6) is 0. The predicted octanol–water partition coefficient (Wildman–Crippen LogP) is 3.20. The fraction of sp³-hybridized carbons (Fsp3) is 1.00. The van der Waals surface area contributed by atoms with Gasteiger partial charge in [0.15, 0.2) is 0 Å². The second-order valence-electron chi connectivity index (χ2n) is 2.93. The average Bonchev–Trinajstić information content (AvgIpc) is 2.04. The lowest BCUT2D eigenvalue weighted by Crippen LogP contribution is -2.20. The Kier molecular flexibility index (Phi) is 6.56. The SMILES string of the molecule is CCCOCCC[Si](F)(F)CC. The molecule has 0 bridgehead atoms. The molecule has 0 aliphatic heterocycles. The molecule has 0 radical (unpaired) electrons. The van der Waals surface area contributed by atoms with E-state index in [0.29, 0.717) is 19.6 Å². The van der Waals surface area contributed by atoms with Gasteiger partial charge in [-0.25, -0.2) is 0 Å². The van der Waals surface area contributed by atoms with Crippen molar-refractivity contribution in [2.75, 3.05) is 13.2 Å². The molecule has 0 heterocycles. The topological polar surface area (TPSA) is 9.23 Å². The van der Waals surface area contributed by atoms with Gasteiger partial charge >= 0.3 is 8.74 Å². The smallest absolute Gasteiger partial charge is 0.381 e. The van der Waals surface area contributed by atoms with Crippen LogP contribution in [0.25, 0.3) is 0 Å². The molecule has 0 atom stereocenters. The summed E-state index contributed by atoms with van der Waals surface area (Å²) >= 11 is 0. The van der Waals surface area contributed by atoms with Crippen molar-refractivity contribution >= 4 is 8.74 Å². The van der Waals surface area contributed by atoms with Crippen LogP contribution in [0.1, 0.15) is 26.7 Å². The molecular weight excluding hydrogens is 178 g/mol. The summed E-state index contributed by atoms with van der Waals surface area (Å²) in [5.41, 5.74) is 0. The Labute approximate surface area is 74.5 Å². The number of hydrogen-bond donors (Lipinski definition) is 0. The monoisotopic (exact) mass is 196 g/mol. The summed E-state index contributed by atoms with van der Waals surface area (Å²) in [6.45, 7) is 4.77. The number of rotatable bonds is 7. The molecule has 0 spiro atoms. The summed E-state index contributed by atoms with van der Waals surface area (Å²) in [6, 6.07) is 0.161. The number of hydrogen-bond acceptors (Lipinski definition) is 1. The third kappa shape index (κ3) is 6.73. The van der Waals surface area contributed by atoms with Gasteiger partial charge in [0.2, 0.25) is 0 Å². The van der Waals surface area contributed by atoms with Crippen LogP contribution in [0.5, 0.6) is 0 Å². The van der Waals surface area contributed by atoms with Crippen LogP contribution in [0.4, 0.5) is 8.22 Å². The van der Waals surface area contributed by atoms with Crippen LogP contribution in [-0.2, 0) is 4.74 Å². The van der Waals surface area contributed by atoms with E-state index in [1.54, 1.807) is 6.92 Å². The fourth-order valence-corrected chi connectivity index (χ4v) is 1.87. The minimum Gasteiger partial charge on any atom is -0.381 e. The van der Waals surface area contributed by atoms with E-state index in [2.05, 4.69) is 0 Å². The fourth-order valence-electron chi connectivity index (χ4n) is 0.856.